The molecule has 0 radical (unpaired) electrons. The van der Waals surface area contributed by atoms with Crippen LogP contribution >= 0.6 is 0 Å². The summed E-state index contributed by atoms with van der Waals surface area (Å²) >= 11 is 0. The Balaban J connectivity index is 1.93. The number of carbonyl (C=O) groups excluding carboxylic acids is 2. The summed E-state index contributed by atoms with van der Waals surface area (Å²) in [5.41, 5.74) is 0.212. The van der Waals surface area contributed by atoms with Gasteiger partial charge < -0.3 is 19.3 Å². The van der Waals surface area contributed by atoms with Crippen molar-refractivity contribution in [1.29, 1.82) is 0 Å². The van der Waals surface area contributed by atoms with Crippen molar-refractivity contribution in [3.05, 3.63) is 35.9 Å². The van der Waals surface area contributed by atoms with Crippen LogP contribution in [0.5, 0.6) is 0 Å². The molecule has 0 aromatic heterocycles. The predicted octanol–water partition coefficient (Wildman–Crippen LogP) is 3.60. The van der Waals surface area contributed by atoms with Gasteiger partial charge in [0.2, 0.25) is 0 Å². The molecule has 0 aliphatic carbocycles. The standard InChI is InChI=1S/C19H27FN2O4/c1-19(2,3)26-17(23)21(4)16-12-22(11-10-15(16)20)18(24)25-13-14-8-6-5-7-9-14/h5-9,15-16H,10-13H2,1-4H3/t15-,16+/m1/s1. The number of nitrogens with zero attached hydrogens (tertiary/aromatic N) is 2. The number of hydrogen-bond acceptors (Lipinski definition) is 4. The second-order valence-electron chi connectivity index (χ2n) is 7.45. The Morgan fingerprint density at radius 2 is 1.92 bits per heavy atom. The van der Waals surface area contributed by atoms with Gasteiger partial charge in [-0.2, -0.15) is 0 Å². The normalized spacial score (nSPS) is 20.4. The van der Waals surface area contributed by atoms with E-state index in [-0.39, 0.29) is 26.1 Å². The minimum Gasteiger partial charge on any atom is -0.445 e. The van der Waals surface area contributed by atoms with E-state index in [0.29, 0.717) is 0 Å². The summed E-state index contributed by atoms with van der Waals surface area (Å²) in [5, 5.41) is 0. The smallest absolute Gasteiger partial charge is 0.410 e. The molecule has 1 aliphatic heterocycles. The zero-order valence-corrected chi connectivity index (χ0v) is 15.8. The largest absolute Gasteiger partial charge is 0.445 e. The van der Waals surface area contributed by atoms with Gasteiger partial charge in [0.05, 0.1) is 6.04 Å². The van der Waals surface area contributed by atoms with Crippen LogP contribution in [0.2, 0.25) is 0 Å². The van der Waals surface area contributed by atoms with E-state index in [1.54, 1.807) is 20.8 Å². The van der Waals surface area contributed by atoms with Crippen molar-refractivity contribution in [2.45, 2.75) is 51.6 Å². The molecule has 7 heteroatoms. The Labute approximate surface area is 153 Å². The molecule has 1 aromatic carbocycles. The molecule has 1 aromatic rings. The quantitative estimate of drug-likeness (QED) is 0.820. The lowest BCUT2D eigenvalue weighted by atomic mass is 10.0. The molecular formula is C19H27FN2O4. The average Bonchev–Trinajstić information content (AvgIpc) is 2.59. The molecule has 2 amide bonds. The molecule has 144 valence electrons. The maximum Gasteiger partial charge on any atom is 0.410 e. The van der Waals surface area contributed by atoms with Gasteiger partial charge in [-0.05, 0) is 32.8 Å². The van der Waals surface area contributed by atoms with Crippen LogP contribution in [0.1, 0.15) is 32.8 Å². The zero-order chi connectivity index (χ0) is 19.3. The molecule has 1 heterocycles. The molecule has 0 N–H and O–H groups in total. The van der Waals surface area contributed by atoms with Gasteiger partial charge in [-0.1, -0.05) is 30.3 Å². The Bertz CT molecular complexity index is 618. The number of ether oxygens (including phenoxy) is 2. The van der Waals surface area contributed by atoms with Crippen molar-refractivity contribution in [3.63, 3.8) is 0 Å². The van der Waals surface area contributed by atoms with Crippen molar-refractivity contribution >= 4 is 12.2 Å². The van der Waals surface area contributed by atoms with Gasteiger partial charge in [-0.3, -0.25) is 0 Å². The van der Waals surface area contributed by atoms with Crippen molar-refractivity contribution in [3.8, 4) is 0 Å². The summed E-state index contributed by atoms with van der Waals surface area (Å²) < 4.78 is 24.9. The summed E-state index contributed by atoms with van der Waals surface area (Å²) in [5.74, 6) is 0. The van der Waals surface area contributed by atoms with Crippen LogP contribution in [-0.4, -0.2) is 59.9 Å². The molecule has 1 fully saturated rings. The second-order valence-corrected chi connectivity index (χ2v) is 7.45. The van der Waals surface area contributed by atoms with Crippen molar-refractivity contribution in [1.82, 2.24) is 9.80 Å². The topological polar surface area (TPSA) is 59.1 Å². The minimum atomic E-state index is -1.22. The summed E-state index contributed by atoms with van der Waals surface area (Å²) in [4.78, 5) is 27.1. The van der Waals surface area contributed by atoms with Crippen LogP contribution in [0, 0.1) is 0 Å². The summed E-state index contributed by atoms with van der Waals surface area (Å²) in [6.45, 7) is 5.74. The van der Waals surface area contributed by atoms with E-state index < -0.39 is 30.0 Å². The minimum absolute atomic E-state index is 0.0739. The van der Waals surface area contributed by atoms with E-state index in [0.717, 1.165) is 5.56 Å². The SMILES string of the molecule is CN(C(=O)OC(C)(C)C)[C@H]1CN(C(=O)OCc2ccccc2)CC[C@H]1F. The zero-order valence-electron chi connectivity index (χ0n) is 15.8. The van der Waals surface area contributed by atoms with Crippen LogP contribution in [0.25, 0.3) is 0 Å². The fraction of sp³-hybridized carbons (Fsp3) is 0.579. The molecule has 26 heavy (non-hydrogen) atoms. The van der Waals surface area contributed by atoms with E-state index in [2.05, 4.69) is 0 Å². The van der Waals surface area contributed by atoms with Gasteiger partial charge in [-0.15, -0.1) is 0 Å². The van der Waals surface area contributed by atoms with Crippen LogP contribution in [0.4, 0.5) is 14.0 Å². The molecule has 6 nitrogen and oxygen atoms in total. The third-order valence-electron chi connectivity index (χ3n) is 4.14. The van der Waals surface area contributed by atoms with Gasteiger partial charge in [0.15, 0.2) is 0 Å². The number of likely N-dealkylation sites (N-methyl/N-ethyl adjacent to an activating group) is 1. The van der Waals surface area contributed by atoms with Crippen LogP contribution in [0.15, 0.2) is 30.3 Å². The number of alkyl halides is 1. The Hall–Kier alpha value is -2.31. The summed E-state index contributed by atoms with van der Waals surface area (Å²) in [6, 6.07) is 8.57. The summed E-state index contributed by atoms with van der Waals surface area (Å²) in [7, 11) is 1.49. The highest BCUT2D eigenvalue weighted by Gasteiger charge is 2.37. The van der Waals surface area contributed by atoms with Crippen molar-refractivity contribution in [2.75, 3.05) is 20.1 Å². The van der Waals surface area contributed by atoms with E-state index >= 15 is 0 Å². The average molecular weight is 366 g/mol. The summed E-state index contributed by atoms with van der Waals surface area (Å²) in [6.07, 6.45) is -2.18. The molecule has 0 saturated carbocycles. The second kappa shape index (κ2) is 8.38. The first-order valence-electron chi connectivity index (χ1n) is 8.73. The number of likely N-dealkylation sites (tertiary alicyclic amines) is 1. The predicted molar refractivity (Wildman–Crippen MR) is 95.5 cm³/mol. The number of amides is 2. The molecule has 2 rings (SSSR count). The van der Waals surface area contributed by atoms with Crippen LogP contribution < -0.4 is 0 Å². The first-order valence-corrected chi connectivity index (χ1v) is 8.73. The maximum atomic E-state index is 14.4. The Morgan fingerprint density at radius 3 is 2.54 bits per heavy atom. The monoisotopic (exact) mass is 366 g/mol. The first-order chi connectivity index (χ1) is 12.2. The van der Waals surface area contributed by atoms with Gasteiger partial charge in [-0.25, -0.2) is 14.0 Å². The Morgan fingerprint density at radius 1 is 1.27 bits per heavy atom. The van der Waals surface area contributed by atoms with E-state index in [9.17, 15) is 14.0 Å². The molecule has 1 saturated heterocycles. The number of piperidine rings is 1. The fourth-order valence-corrected chi connectivity index (χ4v) is 2.71. The number of hydrogen-bond donors (Lipinski definition) is 0. The third kappa shape index (κ3) is 5.61. The molecule has 0 spiro atoms. The van der Waals surface area contributed by atoms with Crippen molar-refractivity contribution in [2.24, 2.45) is 0 Å². The number of halogens is 1. The van der Waals surface area contributed by atoms with Gasteiger partial charge in [0.25, 0.3) is 0 Å². The van der Waals surface area contributed by atoms with E-state index in [1.807, 2.05) is 30.3 Å². The van der Waals surface area contributed by atoms with Crippen molar-refractivity contribution < 1.29 is 23.5 Å². The molecule has 2 atom stereocenters. The third-order valence-corrected chi connectivity index (χ3v) is 4.14. The molecule has 0 unspecified atom stereocenters. The lowest BCUT2D eigenvalue weighted by Gasteiger charge is -2.39. The molecular weight excluding hydrogens is 339 g/mol. The number of rotatable bonds is 3. The number of benzene rings is 1. The molecule has 0 bridgehead atoms. The van der Waals surface area contributed by atoms with Gasteiger partial charge in [0, 0.05) is 20.1 Å². The highest BCUT2D eigenvalue weighted by Crippen LogP contribution is 2.21. The van der Waals surface area contributed by atoms with E-state index in [1.165, 1.54) is 16.8 Å². The van der Waals surface area contributed by atoms with Gasteiger partial charge >= 0.3 is 12.2 Å². The van der Waals surface area contributed by atoms with Crippen LogP contribution in [-0.2, 0) is 16.1 Å². The molecule has 1 aliphatic rings. The lowest BCUT2D eigenvalue weighted by Crippen LogP contribution is -2.56. The highest BCUT2D eigenvalue weighted by atomic mass is 19.1. The number of carbonyl (C=O) groups is 2. The maximum absolute atomic E-state index is 14.4. The first kappa shape index (κ1) is 20.0. The van der Waals surface area contributed by atoms with Gasteiger partial charge in [0.1, 0.15) is 18.4 Å². The fourth-order valence-electron chi connectivity index (χ4n) is 2.71. The Kier molecular flexibility index (Phi) is 6.45. The van der Waals surface area contributed by atoms with E-state index in [4.69, 9.17) is 9.47 Å². The lowest BCUT2D eigenvalue weighted by molar-refractivity contribution is -0.00482. The van der Waals surface area contributed by atoms with Crippen LogP contribution in [0.3, 0.4) is 0 Å². The highest BCUT2D eigenvalue weighted by molar-refractivity contribution is 5.70.